The largest absolute Gasteiger partial charge is 0.339 e. The SMILES string of the molecule is Cc1cn2c(n1)CC(c1nc(Cc3ccc(Cl)cc3Cl)no1)CC2. The van der Waals surface area contributed by atoms with Crippen molar-refractivity contribution >= 4 is 23.2 Å². The molecule has 0 saturated heterocycles. The van der Waals surface area contributed by atoms with Gasteiger partial charge in [-0.25, -0.2) is 4.98 Å². The molecule has 0 N–H and O–H groups in total. The predicted octanol–water partition coefficient (Wildman–Crippen LogP) is 4.20. The summed E-state index contributed by atoms with van der Waals surface area (Å²) in [6, 6.07) is 5.43. The molecule has 4 rings (SSSR count). The molecule has 124 valence electrons. The van der Waals surface area contributed by atoms with Crippen LogP contribution in [-0.2, 0) is 19.4 Å². The molecule has 0 bridgehead atoms. The van der Waals surface area contributed by atoms with E-state index >= 15 is 0 Å². The lowest BCUT2D eigenvalue weighted by Crippen LogP contribution is -2.18. The molecule has 0 spiro atoms. The Morgan fingerprint density at radius 2 is 2.17 bits per heavy atom. The molecule has 0 fully saturated rings. The highest BCUT2D eigenvalue weighted by atomic mass is 35.5. The molecule has 0 aliphatic carbocycles. The lowest BCUT2D eigenvalue weighted by Gasteiger charge is -2.19. The molecule has 0 amide bonds. The number of aromatic nitrogens is 4. The van der Waals surface area contributed by atoms with Gasteiger partial charge >= 0.3 is 0 Å². The Morgan fingerprint density at radius 1 is 1.29 bits per heavy atom. The minimum absolute atomic E-state index is 0.223. The number of benzene rings is 1. The van der Waals surface area contributed by atoms with E-state index in [0.717, 1.165) is 36.5 Å². The molecular formula is C17H16Cl2N4O. The van der Waals surface area contributed by atoms with Gasteiger partial charge < -0.3 is 9.09 Å². The van der Waals surface area contributed by atoms with Crippen LogP contribution in [0.5, 0.6) is 0 Å². The fourth-order valence-electron chi connectivity index (χ4n) is 3.12. The van der Waals surface area contributed by atoms with Crippen LogP contribution < -0.4 is 0 Å². The molecule has 3 aromatic rings. The minimum atomic E-state index is 0.223. The fraction of sp³-hybridized carbons (Fsp3) is 0.353. The molecule has 1 aliphatic heterocycles. The fourth-order valence-corrected chi connectivity index (χ4v) is 3.60. The number of hydrogen-bond acceptors (Lipinski definition) is 4. The molecule has 1 unspecified atom stereocenters. The molecule has 7 heteroatoms. The van der Waals surface area contributed by atoms with Gasteiger partial charge in [-0.2, -0.15) is 4.98 Å². The van der Waals surface area contributed by atoms with Crippen molar-refractivity contribution in [3.8, 4) is 0 Å². The summed E-state index contributed by atoms with van der Waals surface area (Å²) in [7, 11) is 0. The first-order valence-electron chi connectivity index (χ1n) is 7.87. The summed E-state index contributed by atoms with van der Waals surface area (Å²) in [4.78, 5) is 9.13. The molecule has 0 saturated carbocycles. The van der Waals surface area contributed by atoms with Crippen LogP contribution in [0.3, 0.4) is 0 Å². The Labute approximate surface area is 149 Å². The number of nitrogens with zero attached hydrogens (tertiary/aromatic N) is 4. The number of rotatable bonds is 3. The van der Waals surface area contributed by atoms with Crippen LogP contribution in [0.15, 0.2) is 28.9 Å². The summed E-state index contributed by atoms with van der Waals surface area (Å²) in [6.45, 7) is 2.95. The maximum absolute atomic E-state index is 6.21. The van der Waals surface area contributed by atoms with E-state index in [9.17, 15) is 0 Å². The third-order valence-corrected chi connectivity index (χ3v) is 4.91. The molecule has 1 atom stereocenters. The van der Waals surface area contributed by atoms with Gasteiger partial charge in [-0.15, -0.1) is 0 Å². The number of fused-ring (bicyclic) bond motifs is 1. The lowest BCUT2D eigenvalue weighted by molar-refractivity contribution is 0.321. The Morgan fingerprint density at radius 3 is 3.00 bits per heavy atom. The molecule has 1 aromatic carbocycles. The van der Waals surface area contributed by atoms with Gasteiger partial charge in [-0.1, -0.05) is 34.4 Å². The van der Waals surface area contributed by atoms with E-state index in [1.54, 1.807) is 6.07 Å². The second-order valence-electron chi connectivity index (χ2n) is 6.14. The monoisotopic (exact) mass is 362 g/mol. The summed E-state index contributed by atoms with van der Waals surface area (Å²) in [5.41, 5.74) is 1.98. The van der Waals surface area contributed by atoms with E-state index in [4.69, 9.17) is 27.7 Å². The number of halogens is 2. The van der Waals surface area contributed by atoms with Gasteiger partial charge in [0.2, 0.25) is 5.89 Å². The van der Waals surface area contributed by atoms with Crippen LogP contribution in [0.1, 0.15) is 41.1 Å². The summed E-state index contributed by atoms with van der Waals surface area (Å²) >= 11 is 12.1. The van der Waals surface area contributed by atoms with Gasteiger partial charge in [0.1, 0.15) is 5.82 Å². The molecule has 5 nitrogen and oxygen atoms in total. The third-order valence-electron chi connectivity index (χ3n) is 4.32. The zero-order valence-corrected chi connectivity index (χ0v) is 14.7. The molecule has 0 radical (unpaired) electrons. The third kappa shape index (κ3) is 3.06. The van der Waals surface area contributed by atoms with Crippen molar-refractivity contribution in [1.82, 2.24) is 19.7 Å². The Bertz CT molecular complexity index is 887. The average molecular weight is 363 g/mol. The first kappa shape index (κ1) is 15.7. The normalized spacial score (nSPS) is 17.0. The van der Waals surface area contributed by atoms with Crippen LogP contribution in [0.2, 0.25) is 10.0 Å². The van der Waals surface area contributed by atoms with Crippen LogP contribution in [-0.4, -0.2) is 19.7 Å². The predicted molar refractivity (Wildman–Crippen MR) is 91.6 cm³/mol. The Kier molecular flexibility index (Phi) is 4.06. The summed E-state index contributed by atoms with van der Waals surface area (Å²) in [5.74, 6) is 2.63. The van der Waals surface area contributed by atoms with Crippen molar-refractivity contribution in [2.24, 2.45) is 0 Å². The Hall–Kier alpha value is -1.85. The van der Waals surface area contributed by atoms with Crippen LogP contribution in [0.25, 0.3) is 0 Å². The molecule has 24 heavy (non-hydrogen) atoms. The topological polar surface area (TPSA) is 56.7 Å². The van der Waals surface area contributed by atoms with Crippen molar-refractivity contribution in [3.63, 3.8) is 0 Å². The van der Waals surface area contributed by atoms with E-state index in [2.05, 4.69) is 25.9 Å². The van der Waals surface area contributed by atoms with Crippen molar-refractivity contribution in [2.45, 2.75) is 38.6 Å². The van der Waals surface area contributed by atoms with Crippen LogP contribution in [0, 0.1) is 6.92 Å². The van der Waals surface area contributed by atoms with Gasteiger partial charge in [0, 0.05) is 41.5 Å². The zero-order valence-electron chi connectivity index (χ0n) is 13.2. The number of imidazole rings is 1. The summed E-state index contributed by atoms with van der Waals surface area (Å²) in [6.07, 6.45) is 4.43. The number of hydrogen-bond donors (Lipinski definition) is 0. The van der Waals surface area contributed by atoms with Crippen molar-refractivity contribution in [3.05, 3.63) is 63.2 Å². The molecular weight excluding hydrogens is 347 g/mol. The second-order valence-corrected chi connectivity index (χ2v) is 6.99. The lowest BCUT2D eigenvalue weighted by atomic mass is 9.98. The van der Waals surface area contributed by atoms with E-state index in [0.29, 0.717) is 28.2 Å². The highest BCUT2D eigenvalue weighted by molar-refractivity contribution is 6.35. The van der Waals surface area contributed by atoms with Gasteiger partial charge in [0.05, 0.1) is 5.69 Å². The van der Waals surface area contributed by atoms with Gasteiger partial charge in [0.25, 0.3) is 0 Å². The Balaban J connectivity index is 1.51. The minimum Gasteiger partial charge on any atom is -0.339 e. The van der Waals surface area contributed by atoms with E-state index in [1.807, 2.05) is 19.1 Å². The van der Waals surface area contributed by atoms with E-state index in [1.165, 1.54) is 0 Å². The van der Waals surface area contributed by atoms with Gasteiger partial charge in [0.15, 0.2) is 5.82 Å². The zero-order chi connectivity index (χ0) is 16.7. The number of aryl methyl sites for hydroxylation is 2. The standard InChI is InChI=1S/C17H16Cl2N4O/c1-10-9-23-5-4-12(7-16(23)20-10)17-21-15(22-24-17)6-11-2-3-13(18)8-14(11)19/h2-3,8-9,12H,4-7H2,1H3. The van der Waals surface area contributed by atoms with Crippen LogP contribution in [0.4, 0.5) is 0 Å². The second kappa shape index (κ2) is 6.22. The van der Waals surface area contributed by atoms with E-state index < -0.39 is 0 Å². The summed E-state index contributed by atoms with van der Waals surface area (Å²) < 4.78 is 7.70. The molecule has 2 aromatic heterocycles. The van der Waals surface area contributed by atoms with Gasteiger partial charge in [-0.3, -0.25) is 0 Å². The highest BCUT2D eigenvalue weighted by Gasteiger charge is 2.26. The quantitative estimate of drug-likeness (QED) is 0.700. The van der Waals surface area contributed by atoms with Gasteiger partial charge in [-0.05, 0) is 31.0 Å². The highest BCUT2D eigenvalue weighted by Crippen LogP contribution is 2.29. The summed E-state index contributed by atoms with van der Waals surface area (Å²) in [5, 5.41) is 5.34. The van der Waals surface area contributed by atoms with Crippen molar-refractivity contribution < 1.29 is 4.52 Å². The first-order valence-corrected chi connectivity index (χ1v) is 8.63. The maximum Gasteiger partial charge on any atom is 0.230 e. The maximum atomic E-state index is 6.21. The smallest absolute Gasteiger partial charge is 0.230 e. The van der Waals surface area contributed by atoms with E-state index in [-0.39, 0.29) is 5.92 Å². The molecule has 3 heterocycles. The first-order chi connectivity index (χ1) is 11.6. The van der Waals surface area contributed by atoms with Crippen molar-refractivity contribution in [1.29, 1.82) is 0 Å². The van der Waals surface area contributed by atoms with Crippen molar-refractivity contribution in [2.75, 3.05) is 0 Å². The molecule has 1 aliphatic rings. The van der Waals surface area contributed by atoms with Crippen LogP contribution >= 0.6 is 23.2 Å². The average Bonchev–Trinajstić information content (AvgIpc) is 3.14.